The van der Waals surface area contributed by atoms with Gasteiger partial charge in [-0.15, -0.1) is 0 Å². The lowest BCUT2D eigenvalue weighted by molar-refractivity contribution is -0.137. The van der Waals surface area contributed by atoms with Crippen LogP contribution in [0.2, 0.25) is 5.02 Å². The summed E-state index contributed by atoms with van der Waals surface area (Å²) < 4.78 is 5.31. The lowest BCUT2D eigenvalue weighted by Gasteiger charge is -2.35. The Morgan fingerprint density at radius 3 is 2.55 bits per heavy atom. The average Bonchev–Trinajstić information content (AvgIpc) is 3.25. The predicted molar refractivity (Wildman–Crippen MR) is 111 cm³/mol. The highest BCUT2D eigenvalue weighted by molar-refractivity contribution is 6.30. The molecular weight excluding hydrogens is 390 g/mol. The van der Waals surface area contributed by atoms with E-state index in [9.17, 15) is 9.59 Å². The molecule has 2 heterocycles. The van der Waals surface area contributed by atoms with Crippen LogP contribution in [0.1, 0.15) is 55.4 Å². The van der Waals surface area contributed by atoms with Crippen LogP contribution in [0.3, 0.4) is 0 Å². The molecule has 2 fully saturated rings. The number of carbonyl (C=O) groups excluding carboxylic acids is 2. The largest absolute Gasteiger partial charge is 0.355 e. The molecule has 1 aromatic carbocycles. The van der Waals surface area contributed by atoms with Gasteiger partial charge in [0.1, 0.15) is 0 Å². The number of rotatable bonds is 4. The molecule has 1 saturated heterocycles. The summed E-state index contributed by atoms with van der Waals surface area (Å²) in [7, 11) is 0. The first-order chi connectivity index (χ1) is 14.1. The Morgan fingerprint density at radius 1 is 1.07 bits per heavy atom. The summed E-state index contributed by atoms with van der Waals surface area (Å²) in [6.45, 7) is 1.40. The fourth-order valence-electron chi connectivity index (χ4n) is 4.27. The molecule has 0 atom stereocenters. The van der Waals surface area contributed by atoms with Gasteiger partial charge in [-0.3, -0.25) is 9.59 Å². The van der Waals surface area contributed by atoms with Crippen molar-refractivity contribution in [2.45, 2.75) is 51.0 Å². The predicted octanol–water partition coefficient (Wildman–Crippen LogP) is 4.30. The third kappa shape index (κ3) is 4.81. The first-order valence-corrected chi connectivity index (χ1v) is 10.8. The van der Waals surface area contributed by atoms with Crippen molar-refractivity contribution in [2.24, 2.45) is 5.92 Å². The molecule has 6 nitrogen and oxygen atoms in total. The van der Waals surface area contributed by atoms with Gasteiger partial charge in [-0.2, -0.15) is 0 Å². The number of nitrogens with zero attached hydrogens (tertiary/aromatic N) is 2. The number of halogens is 1. The van der Waals surface area contributed by atoms with E-state index in [1.807, 2.05) is 17.0 Å². The van der Waals surface area contributed by atoms with E-state index in [1.54, 1.807) is 18.2 Å². The van der Waals surface area contributed by atoms with Gasteiger partial charge in [0, 0.05) is 41.7 Å². The number of benzene rings is 1. The quantitative estimate of drug-likeness (QED) is 0.807. The van der Waals surface area contributed by atoms with Crippen molar-refractivity contribution in [3.05, 3.63) is 41.0 Å². The van der Waals surface area contributed by atoms with Gasteiger partial charge in [0.15, 0.2) is 11.5 Å². The Hall–Kier alpha value is -2.34. The van der Waals surface area contributed by atoms with E-state index in [0.29, 0.717) is 29.8 Å². The first kappa shape index (κ1) is 20.0. The number of piperidine rings is 1. The topological polar surface area (TPSA) is 75.4 Å². The second-order valence-electron chi connectivity index (χ2n) is 7.99. The summed E-state index contributed by atoms with van der Waals surface area (Å²) in [5.74, 6) is 0.761. The Balaban J connectivity index is 1.29. The van der Waals surface area contributed by atoms with Crippen molar-refractivity contribution in [2.75, 3.05) is 13.1 Å². The number of hydrogen-bond donors (Lipinski definition) is 1. The number of aromatic nitrogens is 1. The highest BCUT2D eigenvalue weighted by atomic mass is 35.5. The molecule has 29 heavy (non-hydrogen) atoms. The molecule has 2 aromatic rings. The van der Waals surface area contributed by atoms with Crippen molar-refractivity contribution in [3.63, 3.8) is 0 Å². The van der Waals surface area contributed by atoms with Crippen LogP contribution >= 0.6 is 11.6 Å². The van der Waals surface area contributed by atoms with Gasteiger partial charge in [-0.1, -0.05) is 48.2 Å². The van der Waals surface area contributed by atoms with E-state index in [-0.39, 0.29) is 23.6 Å². The molecule has 0 unspecified atom stereocenters. The number of amides is 2. The van der Waals surface area contributed by atoms with Crippen LogP contribution in [0, 0.1) is 5.92 Å². The van der Waals surface area contributed by atoms with Crippen molar-refractivity contribution in [3.8, 4) is 11.3 Å². The summed E-state index contributed by atoms with van der Waals surface area (Å²) in [4.78, 5) is 27.2. The molecule has 4 rings (SSSR count). The molecule has 2 amide bonds. The van der Waals surface area contributed by atoms with Crippen LogP contribution in [0.25, 0.3) is 11.3 Å². The molecule has 2 aliphatic rings. The maximum atomic E-state index is 12.7. The summed E-state index contributed by atoms with van der Waals surface area (Å²) >= 11 is 6.01. The molecule has 0 spiro atoms. The van der Waals surface area contributed by atoms with Crippen LogP contribution in [-0.2, 0) is 4.79 Å². The molecule has 1 aliphatic carbocycles. The number of nitrogens with one attached hydrogen (secondary N) is 1. The minimum Gasteiger partial charge on any atom is -0.355 e. The zero-order valence-corrected chi connectivity index (χ0v) is 17.2. The zero-order valence-electron chi connectivity index (χ0n) is 16.4. The van der Waals surface area contributed by atoms with E-state index in [0.717, 1.165) is 44.1 Å². The molecule has 1 N–H and O–H groups in total. The van der Waals surface area contributed by atoms with Gasteiger partial charge in [0.05, 0.1) is 0 Å². The van der Waals surface area contributed by atoms with Crippen LogP contribution in [0.5, 0.6) is 0 Å². The summed E-state index contributed by atoms with van der Waals surface area (Å²) in [6, 6.07) is 8.89. The van der Waals surface area contributed by atoms with Gasteiger partial charge in [0.25, 0.3) is 5.91 Å². The molecule has 0 bridgehead atoms. The Labute approximate surface area is 175 Å². The minimum atomic E-state index is -0.251. The Bertz CT molecular complexity index is 868. The van der Waals surface area contributed by atoms with Gasteiger partial charge in [-0.05, 0) is 37.8 Å². The number of likely N-dealkylation sites (tertiary alicyclic amines) is 1. The molecule has 1 saturated carbocycles. The van der Waals surface area contributed by atoms with E-state index in [4.69, 9.17) is 16.1 Å². The summed E-state index contributed by atoms with van der Waals surface area (Å²) in [5, 5.41) is 7.52. The molecule has 154 valence electrons. The minimum absolute atomic E-state index is 0.0456. The standard InChI is InChI=1S/C22H26ClN3O3/c23-17-8-4-7-16(13-17)20-14-19(25-29-20)21(27)24-18-9-11-26(12-10-18)22(28)15-5-2-1-3-6-15/h4,7-8,13-15,18H,1-3,5-6,9-12H2,(H,24,27). The molecule has 7 heteroatoms. The maximum Gasteiger partial charge on any atom is 0.273 e. The third-order valence-electron chi connectivity index (χ3n) is 5.95. The normalized spacial score (nSPS) is 18.6. The van der Waals surface area contributed by atoms with E-state index < -0.39 is 0 Å². The highest BCUT2D eigenvalue weighted by Crippen LogP contribution is 2.27. The second-order valence-corrected chi connectivity index (χ2v) is 8.43. The Kier molecular flexibility index (Phi) is 6.19. The van der Waals surface area contributed by atoms with Crippen molar-refractivity contribution < 1.29 is 14.1 Å². The SMILES string of the molecule is O=C(NC1CCN(C(=O)C2CCCCC2)CC1)c1cc(-c2cccc(Cl)c2)on1. The third-order valence-corrected chi connectivity index (χ3v) is 6.18. The fraction of sp³-hybridized carbons (Fsp3) is 0.500. The van der Waals surface area contributed by atoms with Gasteiger partial charge in [0.2, 0.25) is 5.91 Å². The lowest BCUT2D eigenvalue weighted by Crippen LogP contribution is -2.48. The van der Waals surface area contributed by atoms with E-state index in [1.165, 1.54) is 6.42 Å². The summed E-state index contributed by atoms with van der Waals surface area (Å²) in [6.07, 6.45) is 7.16. The molecule has 1 aliphatic heterocycles. The number of hydrogen-bond acceptors (Lipinski definition) is 4. The highest BCUT2D eigenvalue weighted by Gasteiger charge is 2.30. The Morgan fingerprint density at radius 2 is 1.83 bits per heavy atom. The van der Waals surface area contributed by atoms with E-state index in [2.05, 4.69) is 10.5 Å². The molecule has 0 radical (unpaired) electrons. The van der Waals surface area contributed by atoms with E-state index >= 15 is 0 Å². The fourth-order valence-corrected chi connectivity index (χ4v) is 4.46. The van der Waals surface area contributed by atoms with Crippen LogP contribution in [-0.4, -0.2) is 41.0 Å². The zero-order chi connectivity index (χ0) is 20.2. The monoisotopic (exact) mass is 415 g/mol. The van der Waals surface area contributed by atoms with Crippen molar-refractivity contribution >= 4 is 23.4 Å². The first-order valence-electron chi connectivity index (χ1n) is 10.4. The molecule has 1 aromatic heterocycles. The van der Waals surface area contributed by atoms with Gasteiger partial charge in [-0.25, -0.2) is 0 Å². The van der Waals surface area contributed by atoms with Crippen LogP contribution in [0.4, 0.5) is 0 Å². The lowest BCUT2D eigenvalue weighted by atomic mass is 9.87. The smallest absolute Gasteiger partial charge is 0.273 e. The van der Waals surface area contributed by atoms with Gasteiger partial charge >= 0.3 is 0 Å². The number of carbonyl (C=O) groups is 2. The molecular formula is C22H26ClN3O3. The average molecular weight is 416 g/mol. The summed E-state index contributed by atoms with van der Waals surface area (Å²) in [5.41, 5.74) is 1.03. The van der Waals surface area contributed by atoms with Crippen LogP contribution < -0.4 is 5.32 Å². The maximum absolute atomic E-state index is 12.7. The van der Waals surface area contributed by atoms with Crippen molar-refractivity contribution in [1.29, 1.82) is 0 Å². The van der Waals surface area contributed by atoms with Gasteiger partial charge < -0.3 is 14.7 Å². The van der Waals surface area contributed by atoms with Crippen molar-refractivity contribution in [1.82, 2.24) is 15.4 Å². The second kappa shape index (κ2) is 8.99. The van der Waals surface area contributed by atoms with Crippen LogP contribution in [0.15, 0.2) is 34.9 Å².